The highest BCUT2D eigenvalue weighted by Gasteiger charge is 2.15. The van der Waals surface area contributed by atoms with E-state index in [2.05, 4.69) is 14.9 Å². The molecule has 1 aliphatic carbocycles. The SMILES string of the molecule is c1cn(CCCNC2CCC2)cn1. The van der Waals surface area contributed by atoms with Crippen molar-refractivity contribution in [3.8, 4) is 0 Å². The topological polar surface area (TPSA) is 29.9 Å². The van der Waals surface area contributed by atoms with Gasteiger partial charge in [0.2, 0.25) is 0 Å². The van der Waals surface area contributed by atoms with E-state index in [1.54, 1.807) is 0 Å². The van der Waals surface area contributed by atoms with Gasteiger partial charge in [-0.1, -0.05) is 6.42 Å². The Bertz CT molecular complexity index is 226. The predicted molar refractivity (Wildman–Crippen MR) is 52.5 cm³/mol. The third kappa shape index (κ3) is 2.56. The van der Waals surface area contributed by atoms with Crippen LogP contribution in [0.4, 0.5) is 0 Å². The highest BCUT2D eigenvalue weighted by atomic mass is 15.0. The summed E-state index contributed by atoms with van der Waals surface area (Å²) in [5.74, 6) is 0. The average molecular weight is 179 g/mol. The van der Waals surface area contributed by atoms with Crippen molar-refractivity contribution < 1.29 is 0 Å². The molecule has 13 heavy (non-hydrogen) atoms. The molecule has 1 fully saturated rings. The van der Waals surface area contributed by atoms with Crippen LogP contribution < -0.4 is 5.32 Å². The molecule has 0 amide bonds. The van der Waals surface area contributed by atoms with Gasteiger partial charge in [0.25, 0.3) is 0 Å². The summed E-state index contributed by atoms with van der Waals surface area (Å²) in [5.41, 5.74) is 0. The number of hydrogen-bond acceptors (Lipinski definition) is 2. The summed E-state index contributed by atoms with van der Waals surface area (Å²) in [6, 6.07) is 0.822. The quantitative estimate of drug-likeness (QED) is 0.693. The fraction of sp³-hybridized carbons (Fsp3) is 0.700. The molecular formula is C10H17N3. The molecule has 1 aromatic rings. The summed E-state index contributed by atoms with van der Waals surface area (Å²) in [6.07, 6.45) is 11.1. The summed E-state index contributed by atoms with van der Waals surface area (Å²) in [7, 11) is 0. The molecule has 0 unspecified atom stereocenters. The van der Waals surface area contributed by atoms with Gasteiger partial charge in [-0.15, -0.1) is 0 Å². The van der Waals surface area contributed by atoms with Crippen LogP contribution >= 0.6 is 0 Å². The largest absolute Gasteiger partial charge is 0.337 e. The van der Waals surface area contributed by atoms with Crippen LogP contribution in [0, 0.1) is 0 Å². The summed E-state index contributed by atoms with van der Waals surface area (Å²) < 4.78 is 2.13. The highest BCUT2D eigenvalue weighted by molar-refractivity contribution is 4.77. The van der Waals surface area contributed by atoms with Gasteiger partial charge in [-0.05, 0) is 25.8 Å². The van der Waals surface area contributed by atoms with E-state index < -0.39 is 0 Å². The van der Waals surface area contributed by atoms with E-state index in [-0.39, 0.29) is 0 Å². The molecule has 0 spiro atoms. The van der Waals surface area contributed by atoms with E-state index in [0.29, 0.717) is 0 Å². The molecule has 0 radical (unpaired) electrons. The lowest BCUT2D eigenvalue weighted by Gasteiger charge is -2.26. The third-order valence-electron chi connectivity index (χ3n) is 2.69. The van der Waals surface area contributed by atoms with Crippen LogP contribution in [0.15, 0.2) is 18.7 Å². The van der Waals surface area contributed by atoms with Gasteiger partial charge in [-0.25, -0.2) is 4.98 Å². The van der Waals surface area contributed by atoms with E-state index in [1.807, 2.05) is 18.7 Å². The second-order valence-corrected chi connectivity index (χ2v) is 3.74. The van der Waals surface area contributed by atoms with Crippen LogP contribution in [-0.2, 0) is 6.54 Å². The summed E-state index contributed by atoms with van der Waals surface area (Å²) in [5, 5.41) is 3.55. The van der Waals surface area contributed by atoms with Crippen molar-refractivity contribution in [1.82, 2.24) is 14.9 Å². The molecule has 1 saturated carbocycles. The minimum atomic E-state index is 0.822. The number of rotatable bonds is 5. The monoisotopic (exact) mass is 179 g/mol. The molecule has 1 N–H and O–H groups in total. The Hall–Kier alpha value is -0.830. The van der Waals surface area contributed by atoms with Crippen LogP contribution in [0.5, 0.6) is 0 Å². The van der Waals surface area contributed by atoms with Gasteiger partial charge in [0.15, 0.2) is 0 Å². The van der Waals surface area contributed by atoms with Gasteiger partial charge in [0.1, 0.15) is 0 Å². The average Bonchev–Trinajstić information content (AvgIpc) is 2.53. The number of aryl methyl sites for hydroxylation is 1. The van der Waals surface area contributed by atoms with E-state index in [0.717, 1.165) is 19.1 Å². The van der Waals surface area contributed by atoms with Gasteiger partial charge in [-0.2, -0.15) is 0 Å². The maximum absolute atomic E-state index is 4.01. The molecule has 1 aliphatic rings. The van der Waals surface area contributed by atoms with Crippen LogP contribution in [0.25, 0.3) is 0 Å². The number of imidazole rings is 1. The molecule has 0 bridgehead atoms. The van der Waals surface area contributed by atoms with E-state index in [9.17, 15) is 0 Å². The van der Waals surface area contributed by atoms with Gasteiger partial charge in [-0.3, -0.25) is 0 Å². The van der Waals surface area contributed by atoms with Crippen LogP contribution in [0.1, 0.15) is 25.7 Å². The first-order valence-corrected chi connectivity index (χ1v) is 5.14. The lowest BCUT2D eigenvalue weighted by molar-refractivity contribution is 0.336. The molecule has 1 heterocycles. The Morgan fingerprint density at radius 3 is 3.00 bits per heavy atom. The smallest absolute Gasteiger partial charge is 0.0945 e. The van der Waals surface area contributed by atoms with Crippen molar-refractivity contribution >= 4 is 0 Å². The normalized spacial score (nSPS) is 17.2. The first kappa shape index (κ1) is 8.75. The molecular weight excluding hydrogens is 162 g/mol. The Morgan fingerprint density at radius 1 is 1.46 bits per heavy atom. The summed E-state index contributed by atoms with van der Waals surface area (Å²) >= 11 is 0. The zero-order valence-electron chi connectivity index (χ0n) is 7.95. The van der Waals surface area contributed by atoms with E-state index >= 15 is 0 Å². The molecule has 3 heteroatoms. The van der Waals surface area contributed by atoms with Crippen molar-refractivity contribution in [1.29, 1.82) is 0 Å². The lowest BCUT2D eigenvalue weighted by Crippen LogP contribution is -2.35. The molecule has 0 saturated heterocycles. The minimum absolute atomic E-state index is 0.822. The van der Waals surface area contributed by atoms with Crippen LogP contribution in [-0.4, -0.2) is 22.1 Å². The first-order valence-electron chi connectivity index (χ1n) is 5.14. The van der Waals surface area contributed by atoms with Gasteiger partial charge in [0.05, 0.1) is 6.33 Å². The first-order chi connectivity index (χ1) is 6.45. The van der Waals surface area contributed by atoms with Gasteiger partial charge in [0, 0.05) is 25.0 Å². The second-order valence-electron chi connectivity index (χ2n) is 3.74. The zero-order chi connectivity index (χ0) is 8.93. The van der Waals surface area contributed by atoms with Crippen molar-refractivity contribution in [2.45, 2.75) is 38.3 Å². The number of hydrogen-bond donors (Lipinski definition) is 1. The third-order valence-corrected chi connectivity index (χ3v) is 2.69. The van der Waals surface area contributed by atoms with Crippen molar-refractivity contribution in [2.75, 3.05) is 6.54 Å². The van der Waals surface area contributed by atoms with Crippen molar-refractivity contribution in [3.05, 3.63) is 18.7 Å². The number of nitrogens with one attached hydrogen (secondary N) is 1. The molecule has 72 valence electrons. The van der Waals surface area contributed by atoms with E-state index in [4.69, 9.17) is 0 Å². The highest BCUT2D eigenvalue weighted by Crippen LogP contribution is 2.17. The van der Waals surface area contributed by atoms with Gasteiger partial charge < -0.3 is 9.88 Å². The number of aromatic nitrogens is 2. The molecule has 0 aliphatic heterocycles. The van der Waals surface area contributed by atoms with E-state index in [1.165, 1.54) is 25.7 Å². The van der Waals surface area contributed by atoms with Gasteiger partial charge >= 0.3 is 0 Å². The fourth-order valence-electron chi connectivity index (χ4n) is 1.60. The molecule has 2 rings (SSSR count). The van der Waals surface area contributed by atoms with Crippen LogP contribution in [0.3, 0.4) is 0 Å². The Labute approximate surface area is 79.2 Å². The predicted octanol–water partition coefficient (Wildman–Crippen LogP) is 1.42. The maximum Gasteiger partial charge on any atom is 0.0945 e. The maximum atomic E-state index is 4.01. The Balaban J connectivity index is 1.53. The molecule has 1 aromatic heterocycles. The number of nitrogens with zero attached hydrogens (tertiary/aromatic N) is 2. The molecule has 0 atom stereocenters. The molecule has 0 aromatic carbocycles. The summed E-state index contributed by atoms with van der Waals surface area (Å²) in [4.78, 5) is 4.01. The Kier molecular flexibility index (Phi) is 2.98. The minimum Gasteiger partial charge on any atom is -0.337 e. The second kappa shape index (κ2) is 4.42. The van der Waals surface area contributed by atoms with Crippen molar-refractivity contribution in [3.63, 3.8) is 0 Å². The van der Waals surface area contributed by atoms with Crippen LogP contribution in [0.2, 0.25) is 0 Å². The molecule has 3 nitrogen and oxygen atoms in total. The fourth-order valence-corrected chi connectivity index (χ4v) is 1.60. The lowest BCUT2D eigenvalue weighted by atomic mass is 9.93. The Morgan fingerprint density at radius 2 is 2.38 bits per heavy atom. The summed E-state index contributed by atoms with van der Waals surface area (Å²) in [6.45, 7) is 2.22. The zero-order valence-corrected chi connectivity index (χ0v) is 7.95. The standard InChI is InChI=1S/C10H17N3/c1-3-10(4-1)12-5-2-7-13-8-6-11-9-13/h6,8-10,12H,1-5,7H2. The van der Waals surface area contributed by atoms with Crippen molar-refractivity contribution in [2.24, 2.45) is 0 Å².